The molecular weight excluding hydrogens is 529 g/mol. The third-order valence-corrected chi connectivity index (χ3v) is 6.73. The van der Waals surface area contributed by atoms with Gasteiger partial charge in [-0.2, -0.15) is 0 Å². The molecule has 0 bridgehead atoms. The Morgan fingerprint density at radius 2 is 1.85 bits per heavy atom. The molecular formula is C24H42IN7O. The fourth-order valence-corrected chi connectivity index (χ4v) is 4.78. The lowest BCUT2D eigenvalue weighted by molar-refractivity contribution is -0.138. The first kappa shape index (κ1) is 27.6. The van der Waals surface area contributed by atoms with Crippen LogP contribution in [-0.4, -0.2) is 86.6 Å². The van der Waals surface area contributed by atoms with Gasteiger partial charge in [0.1, 0.15) is 5.82 Å². The van der Waals surface area contributed by atoms with E-state index in [9.17, 15) is 4.79 Å². The van der Waals surface area contributed by atoms with Crippen LogP contribution < -0.4 is 15.5 Å². The Morgan fingerprint density at radius 3 is 2.45 bits per heavy atom. The van der Waals surface area contributed by atoms with Crippen molar-refractivity contribution in [3.63, 3.8) is 0 Å². The summed E-state index contributed by atoms with van der Waals surface area (Å²) in [6.07, 6.45) is 5.99. The lowest BCUT2D eigenvalue weighted by Crippen LogP contribution is -2.49. The van der Waals surface area contributed by atoms with Crippen molar-refractivity contribution < 1.29 is 4.79 Å². The van der Waals surface area contributed by atoms with Crippen molar-refractivity contribution in [3.8, 4) is 0 Å². The van der Waals surface area contributed by atoms with Crippen LogP contribution in [0.3, 0.4) is 0 Å². The van der Waals surface area contributed by atoms with E-state index in [0.29, 0.717) is 13.1 Å². The van der Waals surface area contributed by atoms with E-state index in [1.165, 1.54) is 0 Å². The van der Waals surface area contributed by atoms with Crippen LogP contribution in [-0.2, 0) is 11.3 Å². The second-order valence-electron chi connectivity index (χ2n) is 9.18. The molecule has 2 aliphatic rings. The largest absolute Gasteiger partial charge is 0.357 e. The summed E-state index contributed by atoms with van der Waals surface area (Å²) in [4.78, 5) is 28.8. The van der Waals surface area contributed by atoms with Gasteiger partial charge in [-0.15, -0.1) is 24.0 Å². The van der Waals surface area contributed by atoms with Crippen LogP contribution in [0, 0.1) is 5.41 Å². The van der Waals surface area contributed by atoms with Gasteiger partial charge in [0.05, 0.1) is 12.0 Å². The molecule has 0 unspecified atom stereocenters. The molecule has 1 aliphatic carbocycles. The van der Waals surface area contributed by atoms with Crippen LogP contribution in [0.2, 0.25) is 0 Å². The first-order chi connectivity index (χ1) is 15.5. The van der Waals surface area contributed by atoms with Gasteiger partial charge >= 0.3 is 0 Å². The van der Waals surface area contributed by atoms with Gasteiger partial charge in [-0.05, 0) is 44.0 Å². The first-order valence-corrected chi connectivity index (χ1v) is 12.1. The summed E-state index contributed by atoms with van der Waals surface area (Å²) >= 11 is 0. The zero-order chi connectivity index (χ0) is 23.0. The van der Waals surface area contributed by atoms with Crippen molar-refractivity contribution in [3.05, 3.63) is 23.9 Å². The highest BCUT2D eigenvalue weighted by atomic mass is 127. The van der Waals surface area contributed by atoms with Crippen molar-refractivity contribution in [2.24, 2.45) is 10.4 Å². The molecule has 186 valence electrons. The molecule has 0 atom stereocenters. The van der Waals surface area contributed by atoms with Gasteiger partial charge in [-0.3, -0.25) is 4.79 Å². The Kier molecular flexibility index (Phi) is 11.1. The lowest BCUT2D eigenvalue weighted by Gasteiger charge is -2.34. The zero-order valence-electron chi connectivity index (χ0n) is 20.8. The lowest BCUT2D eigenvalue weighted by atomic mass is 9.84. The predicted octanol–water partition coefficient (Wildman–Crippen LogP) is 2.55. The molecule has 0 aromatic carbocycles. The molecule has 9 heteroatoms. The zero-order valence-corrected chi connectivity index (χ0v) is 23.1. The number of pyridine rings is 1. The maximum atomic E-state index is 12.9. The summed E-state index contributed by atoms with van der Waals surface area (Å²) in [6, 6.07) is 4.19. The SMILES string of the molecule is CCNC(=NCc1ccnc(N2CCN(CC)CC2)c1)NCC1(C(=O)N(C)C)CCCC1.I. The molecule has 33 heavy (non-hydrogen) atoms. The van der Waals surface area contributed by atoms with Gasteiger partial charge in [0, 0.05) is 59.6 Å². The second-order valence-corrected chi connectivity index (χ2v) is 9.18. The fourth-order valence-electron chi connectivity index (χ4n) is 4.78. The van der Waals surface area contributed by atoms with E-state index in [1.807, 2.05) is 26.4 Å². The number of hydrogen-bond donors (Lipinski definition) is 2. The summed E-state index contributed by atoms with van der Waals surface area (Å²) < 4.78 is 0. The van der Waals surface area contributed by atoms with E-state index in [1.54, 1.807) is 4.90 Å². The van der Waals surface area contributed by atoms with Gasteiger partial charge in [0.15, 0.2) is 5.96 Å². The predicted molar refractivity (Wildman–Crippen MR) is 146 cm³/mol. The first-order valence-electron chi connectivity index (χ1n) is 12.1. The number of carbonyl (C=O) groups is 1. The molecule has 3 rings (SSSR count). The van der Waals surface area contributed by atoms with Gasteiger partial charge in [-0.1, -0.05) is 19.8 Å². The van der Waals surface area contributed by atoms with E-state index < -0.39 is 0 Å². The number of guanidine groups is 1. The van der Waals surface area contributed by atoms with Gasteiger partial charge in [0.25, 0.3) is 0 Å². The van der Waals surface area contributed by atoms with Crippen LogP contribution in [0.4, 0.5) is 5.82 Å². The van der Waals surface area contributed by atoms with E-state index in [0.717, 1.165) is 82.3 Å². The third kappa shape index (κ3) is 7.43. The monoisotopic (exact) mass is 571 g/mol. The number of carbonyl (C=O) groups excluding carboxylic acids is 1. The third-order valence-electron chi connectivity index (χ3n) is 6.73. The average Bonchev–Trinajstić information content (AvgIpc) is 3.30. The standard InChI is InChI=1S/C24H41N7O.HI/c1-5-25-23(28-19-24(10-7-8-11-24)22(32)29(3)4)27-18-20-9-12-26-21(17-20)31-15-13-30(6-2)14-16-31;/h9,12,17H,5-8,10-11,13-16,18-19H2,1-4H3,(H2,25,27,28);1H. The molecule has 1 aromatic heterocycles. The number of rotatable bonds is 8. The van der Waals surface area contributed by atoms with E-state index in [2.05, 4.69) is 45.3 Å². The van der Waals surface area contributed by atoms with Crippen molar-refractivity contribution in [1.82, 2.24) is 25.4 Å². The molecule has 1 aliphatic heterocycles. The van der Waals surface area contributed by atoms with Crippen molar-refractivity contribution in [1.29, 1.82) is 0 Å². The Balaban J connectivity index is 0.00000385. The molecule has 1 aromatic rings. The molecule has 2 heterocycles. The van der Waals surface area contributed by atoms with Crippen molar-refractivity contribution in [2.45, 2.75) is 46.1 Å². The average molecular weight is 572 g/mol. The summed E-state index contributed by atoms with van der Waals surface area (Å²) in [5.74, 6) is 2.02. The highest BCUT2D eigenvalue weighted by molar-refractivity contribution is 14.0. The number of aromatic nitrogens is 1. The molecule has 2 N–H and O–H groups in total. The highest BCUT2D eigenvalue weighted by Crippen LogP contribution is 2.38. The molecule has 1 saturated heterocycles. The van der Waals surface area contributed by atoms with Crippen LogP contribution in [0.25, 0.3) is 0 Å². The van der Waals surface area contributed by atoms with Crippen LogP contribution in [0.15, 0.2) is 23.3 Å². The van der Waals surface area contributed by atoms with E-state index in [4.69, 9.17) is 4.99 Å². The van der Waals surface area contributed by atoms with Crippen molar-refractivity contribution >= 4 is 41.7 Å². The number of hydrogen-bond acceptors (Lipinski definition) is 5. The fraction of sp³-hybridized carbons (Fsp3) is 0.708. The summed E-state index contributed by atoms with van der Waals surface area (Å²) in [5, 5.41) is 6.79. The molecule has 0 radical (unpaired) electrons. The Hall–Kier alpha value is -1.62. The second kappa shape index (κ2) is 13.3. The quantitative estimate of drug-likeness (QED) is 0.284. The Morgan fingerprint density at radius 1 is 1.15 bits per heavy atom. The number of anilines is 1. The maximum Gasteiger partial charge on any atom is 0.230 e. The summed E-state index contributed by atoms with van der Waals surface area (Å²) in [5.41, 5.74) is 0.828. The van der Waals surface area contributed by atoms with E-state index >= 15 is 0 Å². The topological polar surface area (TPSA) is 76.1 Å². The van der Waals surface area contributed by atoms with Gasteiger partial charge in [-0.25, -0.2) is 9.98 Å². The summed E-state index contributed by atoms with van der Waals surface area (Å²) in [7, 11) is 3.70. The van der Waals surface area contributed by atoms with Crippen LogP contribution >= 0.6 is 24.0 Å². The number of piperazine rings is 1. The highest BCUT2D eigenvalue weighted by Gasteiger charge is 2.42. The number of aliphatic imine (C=N–C) groups is 1. The normalized spacial score (nSPS) is 18.5. The van der Waals surface area contributed by atoms with Crippen LogP contribution in [0.5, 0.6) is 0 Å². The Labute approximate surface area is 216 Å². The number of nitrogens with zero attached hydrogens (tertiary/aromatic N) is 5. The molecule has 8 nitrogen and oxygen atoms in total. The van der Waals surface area contributed by atoms with Gasteiger partial charge < -0.3 is 25.3 Å². The minimum Gasteiger partial charge on any atom is -0.357 e. The number of nitrogens with one attached hydrogen (secondary N) is 2. The minimum absolute atomic E-state index is 0. The van der Waals surface area contributed by atoms with Gasteiger partial charge in [0.2, 0.25) is 5.91 Å². The summed E-state index contributed by atoms with van der Waals surface area (Å²) in [6.45, 7) is 11.6. The van der Waals surface area contributed by atoms with E-state index in [-0.39, 0.29) is 35.3 Å². The van der Waals surface area contributed by atoms with Crippen LogP contribution in [0.1, 0.15) is 45.1 Å². The smallest absolute Gasteiger partial charge is 0.230 e. The molecule has 1 saturated carbocycles. The number of likely N-dealkylation sites (N-methyl/N-ethyl adjacent to an activating group) is 1. The molecule has 1 amide bonds. The molecule has 2 fully saturated rings. The minimum atomic E-state index is -0.315. The molecule has 0 spiro atoms. The number of amides is 1. The Bertz CT molecular complexity index is 772. The maximum absolute atomic E-state index is 12.9. The number of halogens is 1. The van der Waals surface area contributed by atoms with Crippen molar-refractivity contribution in [2.75, 3.05) is 64.8 Å².